The fourth-order valence-electron chi connectivity index (χ4n) is 5.56. The molecule has 3 unspecified atom stereocenters. The summed E-state index contributed by atoms with van der Waals surface area (Å²) in [6.07, 6.45) is 1.31. The van der Waals surface area contributed by atoms with Gasteiger partial charge in [-0.15, -0.1) is 24.8 Å². The van der Waals surface area contributed by atoms with Crippen LogP contribution in [0.3, 0.4) is 0 Å². The first-order valence-electron chi connectivity index (χ1n) is 12.5. The maximum atomic E-state index is 13.6. The lowest BCUT2D eigenvalue weighted by atomic mass is 9.70. The van der Waals surface area contributed by atoms with Gasteiger partial charge in [0.25, 0.3) is 0 Å². The number of hydrogen-bond donors (Lipinski definition) is 1. The van der Waals surface area contributed by atoms with Crippen molar-refractivity contribution in [2.24, 2.45) is 5.92 Å². The fraction of sp³-hybridized carbons (Fsp3) is 0.414. The molecule has 37 heavy (non-hydrogen) atoms. The summed E-state index contributed by atoms with van der Waals surface area (Å²) in [5.74, 6) is -1.06. The lowest BCUT2D eigenvalue weighted by molar-refractivity contribution is -0.100. The van der Waals surface area contributed by atoms with Gasteiger partial charge in [0.05, 0.1) is 11.2 Å². The lowest BCUT2D eigenvalue weighted by Crippen LogP contribution is -2.52. The monoisotopic (exact) mass is 548 g/mol. The summed E-state index contributed by atoms with van der Waals surface area (Å²) in [5, 5.41) is 14.4. The number of aliphatic hydroxyl groups is 1. The third-order valence-corrected chi connectivity index (χ3v) is 7.73. The molecule has 0 amide bonds. The van der Waals surface area contributed by atoms with Crippen LogP contribution in [0.1, 0.15) is 35.2 Å². The molecule has 2 fully saturated rings. The zero-order chi connectivity index (χ0) is 24.4. The Bertz CT molecular complexity index is 1200. The summed E-state index contributed by atoms with van der Waals surface area (Å²) < 4.78 is 19.4. The number of carbonyl (C=O) groups excluding carboxylic acids is 1. The zero-order valence-corrected chi connectivity index (χ0v) is 22.6. The molecule has 1 aliphatic carbocycles. The number of esters is 1. The quantitative estimate of drug-likeness (QED) is 0.439. The SMILES string of the molecule is CN1CCN(CC2CC(OC(=O)c3cccc(F)c3)CCC2(O)c2ccc3ccccc3c2)CC1.Cl.Cl. The van der Waals surface area contributed by atoms with E-state index in [0.717, 1.165) is 49.1 Å². The fourth-order valence-corrected chi connectivity index (χ4v) is 5.56. The van der Waals surface area contributed by atoms with Gasteiger partial charge in [-0.3, -0.25) is 0 Å². The van der Waals surface area contributed by atoms with Gasteiger partial charge in [0.2, 0.25) is 0 Å². The van der Waals surface area contributed by atoms with Crippen LogP contribution in [0.2, 0.25) is 0 Å². The highest BCUT2D eigenvalue weighted by Crippen LogP contribution is 2.44. The number of benzene rings is 3. The average molecular weight is 550 g/mol. The van der Waals surface area contributed by atoms with Crippen LogP contribution in [-0.4, -0.2) is 66.8 Å². The molecule has 2 aliphatic rings. The molecular formula is C29H35Cl2FN2O3. The number of piperazine rings is 1. The van der Waals surface area contributed by atoms with E-state index in [1.165, 1.54) is 18.2 Å². The second kappa shape index (κ2) is 12.5. The van der Waals surface area contributed by atoms with Gasteiger partial charge in [0, 0.05) is 38.6 Å². The van der Waals surface area contributed by atoms with Crippen LogP contribution in [0.15, 0.2) is 66.7 Å². The molecule has 3 atom stereocenters. The molecule has 8 heteroatoms. The summed E-state index contributed by atoms with van der Waals surface area (Å²) in [4.78, 5) is 17.4. The number of ether oxygens (including phenoxy) is 1. The number of likely N-dealkylation sites (N-methyl/N-ethyl adjacent to an activating group) is 1. The number of hydrogen-bond acceptors (Lipinski definition) is 5. The van der Waals surface area contributed by atoms with Crippen molar-refractivity contribution in [3.05, 3.63) is 83.7 Å². The number of carbonyl (C=O) groups is 1. The van der Waals surface area contributed by atoms with Crippen molar-refractivity contribution in [3.8, 4) is 0 Å². The van der Waals surface area contributed by atoms with Crippen molar-refractivity contribution in [1.82, 2.24) is 9.80 Å². The van der Waals surface area contributed by atoms with Crippen molar-refractivity contribution >= 4 is 41.6 Å². The maximum absolute atomic E-state index is 13.6. The summed E-state index contributed by atoms with van der Waals surface area (Å²) in [6.45, 7) is 4.65. The molecule has 3 aromatic rings. The molecule has 5 nitrogen and oxygen atoms in total. The number of halogens is 3. The van der Waals surface area contributed by atoms with E-state index in [1.54, 1.807) is 6.07 Å². The van der Waals surface area contributed by atoms with Crippen LogP contribution in [-0.2, 0) is 10.3 Å². The predicted octanol–water partition coefficient (Wildman–Crippen LogP) is 5.28. The number of fused-ring (bicyclic) bond motifs is 1. The third-order valence-electron chi connectivity index (χ3n) is 7.73. The van der Waals surface area contributed by atoms with E-state index in [-0.39, 0.29) is 42.4 Å². The molecule has 5 rings (SSSR count). The topological polar surface area (TPSA) is 53.0 Å². The molecule has 1 saturated heterocycles. The maximum Gasteiger partial charge on any atom is 0.338 e. The van der Waals surface area contributed by atoms with E-state index in [4.69, 9.17) is 4.74 Å². The third kappa shape index (κ3) is 6.62. The molecule has 0 spiro atoms. The summed E-state index contributed by atoms with van der Waals surface area (Å²) in [6, 6.07) is 20.0. The largest absolute Gasteiger partial charge is 0.459 e. The van der Waals surface area contributed by atoms with E-state index in [1.807, 2.05) is 18.2 Å². The highest BCUT2D eigenvalue weighted by Gasteiger charge is 2.45. The molecule has 3 aromatic carbocycles. The van der Waals surface area contributed by atoms with Crippen LogP contribution < -0.4 is 0 Å². The average Bonchev–Trinajstić information content (AvgIpc) is 2.87. The Morgan fingerprint density at radius 2 is 1.73 bits per heavy atom. The molecule has 0 bridgehead atoms. The molecule has 0 radical (unpaired) electrons. The first kappa shape index (κ1) is 29.3. The van der Waals surface area contributed by atoms with Gasteiger partial charge in [-0.05, 0) is 66.9 Å². The molecule has 1 saturated carbocycles. The van der Waals surface area contributed by atoms with Gasteiger partial charge in [-0.25, -0.2) is 9.18 Å². The smallest absolute Gasteiger partial charge is 0.338 e. The van der Waals surface area contributed by atoms with E-state index < -0.39 is 17.4 Å². The van der Waals surface area contributed by atoms with E-state index >= 15 is 0 Å². The molecule has 1 heterocycles. The van der Waals surface area contributed by atoms with Gasteiger partial charge in [-0.1, -0.05) is 42.5 Å². The Morgan fingerprint density at radius 1 is 1.00 bits per heavy atom. The summed E-state index contributed by atoms with van der Waals surface area (Å²) >= 11 is 0. The van der Waals surface area contributed by atoms with Gasteiger partial charge >= 0.3 is 5.97 Å². The Balaban J connectivity index is 0.00000190. The Hall–Kier alpha value is -2.22. The van der Waals surface area contributed by atoms with Crippen LogP contribution in [0, 0.1) is 11.7 Å². The molecule has 1 N–H and O–H groups in total. The second-order valence-electron chi connectivity index (χ2n) is 10.1. The molecule has 0 aromatic heterocycles. The standard InChI is InChI=1S/C29H33FN2O3.2ClH/c1-31-13-15-32(16-14-31)20-25-19-27(35-28(33)23-7-4-8-26(30)18-23)11-12-29(25,34)24-10-9-21-5-2-3-6-22(21)17-24;;/h2-10,17-18,25,27,34H,11-16,19-20H2,1H3;2*1H. The van der Waals surface area contributed by atoms with Crippen molar-refractivity contribution < 1.29 is 19.0 Å². The first-order chi connectivity index (χ1) is 16.9. The summed E-state index contributed by atoms with van der Waals surface area (Å²) in [5.41, 5.74) is 0.135. The van der Waals surface area contributed by atoms with E-state index in [9.17, 15) is 14.3 Å². The van der Waals surface area contributed by atoms with Gasteiger partial charge in [0.15, 0.2) is 0 Å². The minimum atomic E-state index is -1.00. The van der Waals surface area contributed by atoms with Gasteiger partial charge in [0.1, 0.15) is 11.9 Å². The summed E-state index contributed by atoms with van der Waals surface area (Å²) in [7, 11) is 2.13. The minimum Gasteiger partial charge on any atom is -0.459 e. The highest BCUT2D eigenvalue weighted by atomic mass is 35.5. The van der Waals surface area contributed by atoms with Crippen LogP contribution >= 0.6 is 24.8 Å². The molecule has 1 aliphatic heterocycles. The lowest BCUT2D eigenvalue weighted by Gasteiger charge is -2.46. The number of rotatable bonds is 5. The van der Waals surface area contributed by atoms with Gasteiger partial charge < -0.3 is 19.6 Å². The Morgan fingerprint density at radius 3 is 2.46 bits per heavy atom. The van der Waals surface area contributed by atoms with Crippen LogP contribution in [0.4, 0.5) is 4.39 Å². The van der Waals surface area contributed by atoms with E-state index in [2.05, 4.69) is 41.1 Å². The minimum absolute atomic E-state index is 0. The van der Waals surface area contributed by atoms with Gasteiger partial charge in [-0.2, -0.15) is 0 Å². The first-order valence-corrected chi connectivity index (χ1v) is 12.5. The van der Waals surface area contributed by atoms with Crippen LogP contribution in [0.25, 0.3) is 10.8 Å². The molecule has 200 valence electrons. The van der Waals surface area contributed by atoms with Crippen LogP contribution in [0.5, 0.6) is 0 Å². The zero-order valence-electron chi connectivity index (χ0n) is 21.0. The predicted molar refractivity (Wildman–Crippen MR) is 149 cm³/mol. The Labute approximate surface area is 230 Å². The highest BCUT2D eigenvalue weighted by molar-refractivity contribution is 5.89. The van der Waals surface area contributed by atoms with Crippen molar-refractivity contribution in [3.63, 3.8) is 0 Å². The number of nitrogens with zero attached hydrogens (tertiary/aromatic N) is 2. The normalized spacial score (nSPS) is 24.6. The van der Waals surface area contributed by atoms with Crippen molar-refractivity contribution in [2.45, 2.75) is 31.0 Å². The Kier molecular flexibility index (Phi) is 9.95. The van der Waals surface area contributed by atoms with Crippen molar-refractivity contribution in [1.29, 1.82) is 0 Å². The molecular weight excluding hydrogens is 514 g/mol. The second-order valence-corrected chi connectivity index (χ2v) is 10.1. The van der Waals surface area contributed by atoms with E-state index in [0.29, 0.717) is 19.3 Å². The van der Waals surface area contributed by atoms with Crippen molar-refractivity contribution in [2.75, 3.05) is 39.8 Å².